The first-order chi connectivity index (χ1) is 13.6. The van der Waals surface area contributed by atoms with E-state index in [9.17, 15) is 32.5 Å². The molecule has 0 N–H and O–H groups in total. The molecule has 0 spiro atoms. The number of alkyl halides is 4. The molecule has 0 aliphatic heterocycles. The molecule has 12 heteroatoms. The second-order valence-electron chi connectivity index (χ2n) is 6.12. The third-order valence-corrected chi connectivity index (χ3v) is 4.08. The van der Waals surface area contributed by atoms with E-state index >= 15 is 0 Å². The molecule has 0 radical (unpaired) electrons. The van der Waals surface area contributed by atoms with Crippen LogP contribution in [0.15, 0.2) is 42.6 Å². The summed E-state index contributed by atoms with van der Waals surface area (Å²) in [6.07, 6.45) is -6.95. The predicted octanol–water partition coefficient (Wildman–Crippen LogP) is 4.43. The highest BCUT2D eigenvalue weighted by Gasteiger charge is 2.51. The van der Waals surface area contributed by atoms with Crippen LogP contribution in [0.3, 0.4) is 0 Å². The van der Waals surface area contributed by atoms with Crippen molar-refractivity contribution in [1.29, 1.82) is 0 Å². The number of rotatable bonds is 5. The van der Waals surface area contributed by atoms with Crippen LogP contribution in [0, 0.1) is 10.1 Å². The lowest BCUT2D eigenvalue weighted by Gasteiger charge is -2.40. The Hall–Kier alpha value is -3.44. The third-order valence-electron chi connectivity index (χ3n) is 4.08. The van der Waals surface area contributed by atoms with Crippen LogP contribution in [0.4, 0.5) is 28.0 Å². The average Bonchev–Trinajstić information content (AvgIpc) is 2.59. The van der Waals surface area contributed by atoms with Gasteiger partial charge in [0, 0.05) is 31.2 Å². The predicted molar refractivity (Wildman–Crippen MR) is 86.9 cm³/mol. The van der Waals surface area contributed by atoms with Gasteiger partial charge < -0.3 is 14.2 Å². The molecule has 8 nitrogen and oxygen atoms in total. The van der Waals surface area contributed by atoms with Gasteiger partial charge in [0.25, 0.3) is 5.69 Å². The maximum Gasteiger partial charge on any atom is 0.574 e. The minimum atomic E-state index is -5.03. The maximum absolute atomic E-state index is 14.9. The maximum atomic E-state index is 14.9. The largest absolute Gasteiger partial charge is 0.574 e. The second-order valence-corrected chi connectivity index (χ2v) is 6.12. The van der Waals surface area contributed by atoms with E-state index in [0.29, 0.717) is 0 Å². The van der Waals surface area contributed by atoms with Crippen molar-refractivity contribution in [2.45, 2.75) is 31.0 Å². The highest BCUT2D eigenvalue weighted by molar-refractivity contribution is 5.64. The van der Waals surface area contributed by atoms with E-state index in [-0.39, 0.29) is 11.4 Å². The SMILES string of the molecule is O=C(Oc1ccc([N+](=O)[O-])cc1)OC1CC(F)(c2cccnc2OC(F)(F)F)C1. The Bertz CT molecular complexity index is 913. The smallest absolute Gasteiger partial charge is 0.430 e. The minimum absolute atomic E-state index is 0.0282. The van der Waals surface area contributed by atoms with Crippen molar-refractivity contribution >= 4 is 11.8 Å². The number of hydrogen-bond acceptors (Lipinski definition) is 7. The molecule has 0 atom stereocenters. The summed E-state index contributed by atoms with van der Waals surface area (Å²) in [4.78, 5) is 25.1. The number of hydrogen-bond donors (Lipinski definition) is 0. The van der Waals surface area contributed by atoms with E-state index in [2.05, 4.69) is 9.72 Å². The normalized spacial score (nSPS) is 21.0. The summed E-state index contributed by atoms with van der Waals surface area (Å²) in [5.74, 6) is -0.936. The van der Waals surface area contributed by atoms with Crippen LogP contribution in [0.1, 0.15) is 18.4 Å². The molecule has 3 rings (SSSR count). The van der Waals surface area contributed by atoms with Crippen molar-refractivity contribution < 1.29 is 41.5 Å². The van der Waals surface area contributed by atoms with Crippen LogP contribution < -0.4 is 9.47 Å². The van der Waals surface area contributed by atoms with Crippen LogP contribution in [0.2, 0.25) is 0 Å². The summed E-state index contributed by atoms with van der Waals surface area (Å²) in [6.45, 7) is 0. The first kappa shape index (κ1) is 20.3. The molecule has 0 saturated heterocycles. The van der Waals surface area contributed by atoms with Crippen molar-refractivity contribution in [3.05, 3.63) is 58.3 Å². The summed E-state index contributed by atoms with van der Waals surface area (Å²) in [5.41, 5.74) is -2.83. The summed E-state index contributed by atoms with van der Waals surface area (Å²) in [6, 6.07) is 6.95. The van der Waals surface area contributed by atoms with Crippen molar-refractivity contribution in [3.63, 3.8) is 0 Å². The Morgan fingerprint density at radius 2 is 1.86 bits per heavy atom. The van der Waals surface area contributed by atoms with Gasteiger partial charge in [0.2, 0.25) is 5.88 Å². The Morgan fingerprint density at radius 1 is 1.21 bits per heavy atom. The molecule has 1 fully saturated rings. The van der Waals surface area contributed by atoms with E-state index in [0.717, 1.165) is 24.4 Å². The number of halogens is 4. The van der Waals surface area contributed by atoms with Gasteiger partial charge in [-0.3, -0.25) is 10.1 Å². The van der Waals surface area contributed by atoms with Crippen molar-refractivity contribution in [2.75, 3.05) is 0 Å². The molecule has 1 aromatic heterocycles. The first-order valence-corrected chi connectivity index (χ1v) is 8.09. The number of nitro groups is 1. The number of pyridine rings is 1. The molecular weight excluding hydrogens is 404 g/mol. The Morgan fingerprint density at radius 3 is 2.45 bits per heavy atom. The number of nitro benzene ring substituents is 1. The lowest BCUT2D eigenvalue weighted by atomic mass is 9.74. The number of carbonyl (C=O) groups is 1. The number of carbonyl (C=O) groups excluding carboxylic acids is 1. The molecule has 154 valence electrons. The average molecular weight is 416 g/mol. The van der Waals surface area contributed by atoms with Gasteiger partial charge in [0.1, 0.15) is 17.5 Å². The van der Waals surface area contributed by atoms with Gasteiger partial charge in [-0.15, -0.1) is 13.2 Å². The number of nitrogens with zero attached hydrogens (tertiary/aromatic N) is 2. The minimum Gasteiger partial charge on any atom is -0.430 e. The Balaban J connectivity index is 1.58. The molecular formula is C17H12F4N2O6. The van der Waals surface area contributed by atoms with Crippen molar-refractivity contribution in [3.8, 4) is 11.6 Å². The number of ether oxygens (including phenoxy) is 3. The summed E-state index contributed by atoms with van der Waals surface area (Å²) >= 11 is 0. The van der Waals surface area contributed by atoms with E-state index in [1.54, 1.807) is 0 Å². The van der Waals surface area contributed by atoms with Gasteiger partial charge in [-0.2, -0.15) is 0 Å². The fraction of sp³-hybridized carbons (Fsp3) is 0.294. The molecule has 0 amide bonds. The van der Waals surface area contributed by atoms with Crippen LogP contribution >= 0.6 is 0 Å². The molecule has 29 heavy (non-hydrogen) atoms. The standard InChI is InChI=1S/C17H12F4N2O6/c18-16(13-2-1-7-22-14(13)29-17(19,20)21)8-12(9-16)28-15(24)27-11-5-3-10(4-6-11)23(25)26/h1-7,12H,8-9H2. The number of aromatic nitrogens is 1. The van der Waals surface area contributed by atoms with Gasteiger partial charge in [0.15, 0.2) is 0 Å². The fourth-order valence-corrected chi connectivity index (χ4v) is 2.78. The topological polar surface area (TPSA) is 101 Å². The monoisotopic (exact) mass is 416 g/mol. The third kappa shape index (κ3) is 4.89. The van der Waals surface area contributed by atoms with Gasteiger partial charge >= 0.3 is 12.5 Å². The van der Waals surface area contributed by atoms with E-state index in [1.807, 2.05) is 0 Å². The summed E-state index contributed by atoms with van der Waals surface area (Å²) in [5, 5.41) is 10.6. The number of benzene rings is 1. The highest BCUT2D eigenvalue weighted by Crippen LogP contribution is 2.49. The first-order valence-electron chi connectivity index (χ1n) is 8.09. The lowest BCUT2D eigenvalue weighted by Crippen LogP contribution is -2.44. The Kier molecular flexibility index (Phi) is 5.27. The number of non-ortho nitro benzene ring substituents is 1. The van der Waals surface area contributed by atoms with Gasteiger partial charge in [-0.1, -0.05) is 0 Å². The van der Waals surface area contributed by atoms with Crippen LogP contribution in [-0.2, 0) is 10.4 Å². The molecule has 0 unspecified atom stereocenters. The molecule has 1 aliphatic rings. The van der Waals surface area contributed by atoms with Gasteiger partial charge in [-0.05, 0) is 24.3 Å². The highest BCUT2D eigenvalue weighted by atomic mass is 19.4. The molecule has 0 bridgehead atoms. The van der Waals surface area contributed by atoms with Crippen LogP contribution in [-0.4, -0.2) is 28.5 Å². The zero-order valence-electron chi connectivity index (χ0n) is 14.4. The quantitative estimate of drug-likeness (QED) is 0.234. The van der Waals surface area contributed by atoms with Crippen molar-refractivity contribution in [2.24, 2.45) is 0 Å². The molecule has 1 aromatic carbocycles. The van der Waals surface area contributed by atoms with E-state index in [1.165, 1.54) is 18.2 Å². The van der Waals surface area contributed by atoms with Gasteiger partial charge in [-0.25, -0.2) is 14.2 Å². The summed E-state index contributed by atoms with van der Waals surface area (Å²) < 4.78 is 65.8. The van der Waals surface area contributed by atoms with Gasteiger partial charge in [0.05, 0.1) is 10.5 Å². The Labute approximate surface area is 160 Å². The van der Waals surface area contributed by atoms with Crippen molar-refractivity contribution in [1.82, 2.24) is 4.98 Å². The van der Waals surface area contributed by atoms with E-state index < -0.39 is 53.5 Å². The molecule has 1 saturated carbocycles. The summed E-state index contributed by atoms with van der Waals surface area (Å²) in [7, 11) is 0. The van der Waals surface area contributed by atoms with Crippen LogP contribution in [0.25, 0.3) is 0 Å². The molecule has 1 heterocycles. The fourth-order valence-electron chi connectivity index (χ4n) is 2.78. The van der Waals surface area contributed by atoms with E-state index in [4.69, 9.17) is 9.47 Å². The zero-order chi connectivity index (χ0) is 21.2. The lowest BCUT2D eigenvalue weighted by molar-refractivity contribution is -0.384. The second kappa shape index (κ2) is 7.53. The zero-order valence-corrected chi connectivity index (χ0v) is 14.4. The van der Waals surface area contributed by atoms with Crippen LogP contribution in [0.5, 0.6) is 11.6 Å². The molecule has 1 aliphatic carbocycles. The molecule has 2 aromatic rings.